The summed E-state index contributed by atoms with van der Waals surface area (Å²) in [5.41, 5.74) is 7.45. The maximum atomic E-state index is 10.5. The monoisotopic (exact) mass is 172 g/mol. The molecule has 12 heavy (non-hydrogen) atoms. The number of hydrogen-bond acceptors (Lipinski definition) is 3. The fourth-order valence-corrected chi connectivity index (χ4v) is 0.407. The van der Waals surface area contributed by atoms with Gasteiger partial charge in [-0.2, -0.15) is 5.10 Å². The standard InChI is InChI=1S/C7H16N4O/c1-5(12)10-11-6(8)7(2,3)9-4/h9H,1-4H3,(H2,8,11)(H,10,12). The maximum absolute atomic E-state index is 10.5. The van der Waals surface area contributed by atoms with Gasteiger partial charge in [0, 0.05) is 6.92 Å². The summed E-state index contributed by atoms with van der Waals surface area (Å²) in [5.74, 6) is 0.116. The van der Waals surface area contributed by atoms with Gasteiger partial charge in [-0.1, -0.05) is 0 Å². The second-order valence-electron chi connectivity index (χ2n) is 3.04. The van der Waals surface area contributed by atoms with Crippen LogP contribution >= 0.6 is 0 Å². The summed E-state index contributed by atoms with van der Waals surface area (Å²) in [7, 11) is 1.77. The Balaban J connectivity index is 4.26. The molecule has 0 aromatic rings. The largest absolute Gasteiger partial charge is 0.384 e. The van der Waals surface area contributed by atoms with Gasteiger partial charge in [-0.3, -0.25) is 4.79 Å². The van der Waals surface area contributed by atoms with Crippen LogP contribution in [0.1, 0.15) is 20.8 Å². The molecule has 0 aliphatic rings. The molecular formula is C7H16N4O. The Labute approximate surface area is 72.4 Å². The summed E-state index contributed by atoms with van der Waals surface area (Å²) in [6, 6.07) is 0. The number of amidine groups is 1. The van der Waals surface area contributed by atoms with Crippen LogP contribution in [0.2, 0.25) is 0 Å². The number of hydrogen-bond donors (Lipinski definition) is 3. The number of nitrogens with zero attached hydrogens (tertiary/aromatic N) is 1. The Morgan fingerprint density at radius 1 is 1.50 bits per heavy atom. The normalized spacial score (nSPS) is 12.8. The highest BCUT2D eigenvalue weighted by atomic mass is 16.2. The molecule has 70 valence electrons. The van der Waals surface area contributed by atoms with E-state index in [1.807, 2.05) is 13.8 Å². The molecule has 5 heteroatoms. The van der Waals surface area contributed by atoms with Crippen molar-refractivity contribution in [2.45, 2.75) is 26.3 Å². The molecule has 0 aliphatic carbocycles. The van der Waals surface area contributed by atoms with Gasteiger partial charge < -0.3 is 11.1 Å². The fourth-order valence-electron chi connectivity index (χ4n) is 0.407. The average molecular weight is 172 g/mol. The van der Waals surface area contributed by atoms with Gasteiger partial charge in [0.15, 0.2) is 0 Å². The van der Waals surface area contributed by atoms with Crippen LogP contribution in [0.15, 0.2) is 5.10 Å². The van der Waals surface area contributed by atoms with Gasteiger partial charge in [0.05, 0.1) is 5.54 Å². The predicted molar refractivity (Wildman–Crippen MR) is 48.6 cm³/mol. The molecular weight excluding hydrogens is 156 g/mol. The topological polar surface area (TPSA) is 79.5 Å². The van der Waals surface area contributed by atoms with Crippen molar-refractivity contribution >= 4 is 11.7 Å². The molecule has 0 aromatic carbocycles. The van der Waals surface area contributed by atoms with Crippen molar-refractivity contribution in [1.29, 1.82) is 0 Å². The van der Waals surface area contributed by atoms with E-state index in [2.05, 4.69) is 15.8 Å². The molecule has 0 radical (unpaired) electrons. The van der Waals surface area contributed by atoms with Crippen molar-refractivity contribution in [2.24, 2.45) is 10.8 Å². The summed E-state index contributed by atoms with van der Waals surface area (Å²) in [5, 5.41) is 6.66. The fraction of sp³-hybridized carbons (Fsp3) is 0.714. The Bertz CT molecular complexity index is 198. The lowest BCUT2D eigenvalue weighted by Crippen LogP contribution is -2.49. The third-order valence-electron chi connectivity index (χ3n) is 1.60. The molecule has 0 saturated heterocycles. The molecule has 0 fully saturated rings. The van der Waals surface area contributed by atoms with Crippen LogP contribution in [-0.2, 0) is 4.79 Å². The van der Waals surface area contributed by atoms with Crippen LogP contribution < -0.4 is 16.5 Å². The molecule has 0 aromatic heterocycles. The first kappa shape index (κ1) is 10.9. The van der Waals surface area contributed by atoms with Crippen molar-refractivity contribution in [3.8, 4) is 0 Å². The van der Waals surface area contributed by atoms with Crippen molar-refractivity contribution in [3.63, 3.8) is 0 Å². The molecule has 0 rings (SSSR count). The zero-order chi connectivity index (χ0) is 9.78. The first-order chi connectivity index (χ1) is 5.40. The van der Waals surface area contributed by atoms with E-state index in [1.165, 1.54) is 6.92 Å². The van der Waals surface area contributed by atoms with E-state index in [0.29, 0.717) is 5.84 Å². The lowest BCUT2D eigenvalue weighted by Gasteiger charge is -2.22. The van der Waals surface area contributed by atoms with E-state index < -0.39 is 5.54 Å². The second kappa shape index (κ2) is 4.06. The number of carbonyl (C=O) groups excluding carboxylic acids is 1. The number of nitrogens with one attached hydrogen (secondary N) is 2. The zero-order valence-corrected chi connectivity index (χ0v) is 7.93. The van der Waals surface area contributed by atoms with Gasteiger partial charge in [-0.15, -0.1) is 0 Å². The minimum Gasteiger partial charge on any atom is -0.384 e. The van der Waals surface area contributed by atoms with Gasteiger partial charge in [0.25, 0.3) is 0 Å². The highest BCUT2D eigenvalue weighted by molar-refractivity contribution is 5.90. The molecule has 0 bridgehead atoms. The van der Waals surface area contributed by atoms with Gasteiger partial charge in [0.2, 0.25) is 5.91 Å². The summed E-state index contributed by atoms with van der Waals surface area (Å²) in [6.07, 6.45) is 0. The molecule has 1 amide bonds. The SMILES string of the molecule is CNC(C)(C)/C(N)=N/NC(C)=O. The Morgan fingerprint density at radius 2 is 2.00 bits per heavy atom. The summed E-state index contributed by atoms with van der Waals surface area (Å²) in [4.78, 5) is 10.5. The minimum absolute atomic E-state index is 0.232. The maximum Gasteiger partial charge on any atom is 0.237 e. The first-order valence-electron chi connectivity index (χ1n) is 3.69. The highest BCUT2D eigenvalue weighted by Crippen LogP contribution is 1.99. The number of nitrogens with two attached hydrogens (primary N) is 1. The summed E-state index contributed by atoms with van der Waals surface area (Å²) < 4.78 is 0. The molecule has 5 nitrogen and oxygen atoms in total. The van der Waals surface area contributed by atoms with E-state index in [-0.39, 0.29) is 5.91 Å². The van der Waals surface area contributed by atoms with Gasteiger partial charge in [0.1, 0.15) is 5.84 Å². The summed E-state index contributed by atoms with van der Waals surface area (Å²) in [6.45, 7) is 5.12. The molecule has 4 N–H and O–H groups in total. The number of amides is 1. The van der Waals surface area contributed by atoms with Crippen LogP contribution in [0, 0.1) is 0 Å². The van der Waals surface area contributed by atoms with E-state index in [4.69, 9.17) is 5.73 Å². The lowest BCUT2D eigenvalue weighted by atomic mass is 10.1. The Hall–Kier alpha value is -1.10. The van der Waals surface area contributed by atoms with E-state index in [1.54, 1.807) is 7.05 Å². The predicted octanol–water partition coefficient (Wildman–Crippen LogP) is -0.607. The third kappa shape index (κ3) is 3.34. The van der Waals surface area contributed by atoms with Crippen LogP contribution in [0.5, 0.6) is 0 Å². The number of carbonyl (C=O) groups is 1. The molecule has 0 atom stereocenters. The Kier molecular flexibility index (Phi) is 3.69. The number of hydrazone groups is 1. The molecule has 0 saturated carbocycles. The molecule has 0 spiro atoms. The molecule has 0 aliphatic heterocycles. The van der Waals surface area contributed by atoms with Gasteiger partial charge in [-0.05, 0) is 20.9 Å². The van der Waals surface area contributed by atoms with Gasteiger partial charge in [-0.25, -0.2) is 5.43 Å². The van der Waals surface area contributed by atoms with Crippen molar-refractivity contribution in [1.82, 2.24) is 10.7 Å². The average Bonchev–Trinajstić information content (AvgIpc) is 2.00. The van der Waals surface area contributed by atoms with Gasteiger partial charge >= 0.3 is 0 Å². The van der Waals surface area contributed by atoms with Crippen molar-refractivity contribution < 1.29 is 4.79 Å². The Morgan fingerprint density at radius 3 is 2.33 bits per heavy atom. The quantitative estimate of drug-likeness (QED) is 0.302. The first-order valence-corrected chi connectivity index (χ1v) is 3.69. The van der Waals surface area contributed by atoms with Crippen LogP contribution in [-0.4, -0.2) is 24.3 Å². The van der Waals surface area contributed by atoms with Crippen LogP contribution in [0.25, 0.3) is 0 Å². The van der Waals surface area contributed by atoms with E-state index in [0.717, 1.165) is 0 Å². The lowest BCUT2D eigenvalue weighted by molar-refractivity contribution is -0.118. The number of likely N-dealkylation sites (N-methyl/N-ethyl adjacent to an activating group) is 1. The highest BCUT2D eigenvalue weighted by Gasteiger charge is 2.19. The second-order valence-corrected chi connectivity index (χ2v) is 3.04. The van der Waals surface area contributed by atoms with Crippen LogP contribution in [0.3, 0.4) is 0 Å². The van der Waals surface area contributed by atoms with Crippen molar-refractivity contribution in [2.75, 3.05) is 7.05 Å². The van der Waals surface area contributed by atoms with E-state index in [9.17, 15) is 4.79 Å². The van der Waals surface area contributed by atoms with Crippen molar-refractivity contribution in [3.05, 3.63) is 0 Å². The molecule has 0 heterocycles. The summed E-state index contributed by atoms with van der Waals surface area (Å²) >= 11 is 0. The third-order valence-corrected chi connectivity index (χ3v) is 1.60. The minimum atomic E-state index is -0.400. The molecule has 0 unspecified atom stereocenters. The smallest absolute Gasteiger partial charge is 0.237 e. The van der Waals surface area contributed by atoms with Crippen LogP contribution in [0.4, 0.5) is 0 Å². The number of rotatable bonds is 3. The van der Waals surface area contributed by atoms with E-state index >= 15 is 0 Å². The zero-order valence-electron chi connectivity index (χ0n) is 7.93.